The van der Waals surface area contributed by atoms with Crippen molar-refractivity contribution in [3.8, 4) is 5.75 Å². The Bertz CT molecular complexity index is 1510. The lowest BCUT2D eigenvalue weighted by Gasteiger charge is -2.22. The molecule has 5 rings (SSSR count). The van der Waals surface area contributed by atoms with Crippen LogP contribution in [0.1, 0.15) is 33.4 Å². The van der Waals surface area contributed by atoms with E-state index in [-0.39, 0.29) is 17.8 Å². The quantitative estimate of drug-likeness (QED) is 0.249. The Morgan fingerprint density at radius 2 is 1.78 bits per heavy atom. The molecule has 0 spiro atoms. The second kappa shape index (κ2) is 9.92. The van der Waals surface area contributed by atoms with Gasteiger partial charge in [0, 0.05) is 39.6 Å². The van der Waals surface area contributed by atoms with Gasteiger partial charge in [-0.15, -0.1) is 0 Å². The Kier molecular flexibility index (Phi) is 6.36. The van der Waals surface area contributed by atoms with Gasteiger partial charge >= 0.3 is 0 Å². The number of methoxy groups -OCH3 is 1. The number of aryl methyl sites for hydroxylation is 1. The van der Waals surface area contributed by atoms with Crippen molar-refractivity contribution in [3.63, 3.8) is 0 Å². The molecule has 3 N–H and O–H groups in total. The smallest absolute Gasteiger partial charge is 0.255 e. The largest absolute Gasteiger partial charge is 0.495 e. The van der Waals surface area contributed by atoms with E-state index in [9.17, 15) is 9.18 Å². The molecule has 36 heavy (non-hydrogen) atoms. The second-order valence-corrected chi connectivity index (χ2v) is 8.42. The van der Waals surface area contributed by atoms with E-state index in [2.05, 4.69) is 20.6 Å². The van der Waals surface area contributed by atoms with E-state index < -0.39 is 0 Å². The van der Waals surface area contributed by atoms with Crippen molar-refractivity contribution in [2.24, 2.45) is 0 Å². The third kappa shape index (κ3) is 4.63. The molecule has 0 radical (unpaired) electrons. The number of carbonyl (C=O) groups excluding carboxylic acids is 1. The number of ether oxygens (including phenoxy) is 1. The monoisotopic (exact) mass is 480 g/mol. The zero-order chi connectivity index (χ0) is 25.1. The Morgan fingerprint density at radius 1 is 1.00 bits per heavy atom. The number of benzene rings is 3. The summed E-state index contributed by atoms with van der Waals surface area (Å²) in [6.45, 7) is 2.02. The lowest BCUT2D eigenvalue weighted by molar-refractivity contribution is 0.102. The van der Waals surface area contributed by atoms with Crippen molar-refractivity contribution in [2.45, 2.75) is 13.0 Å². The predicted molar refractivity (Wildman–Crippen MR) is 140 cm³/mol. The molecule has 0 saturated heterocycles. The van der Waals surface area contributed by atoms with E-state index in [1.165, 1.54) is 24.3 Å². The number of H-pyrrole nitrogens is 1. The number of pyridine rings is 1. The van der Waals surface area contributed by atoms with Gasteiger partial charge in [-0.05, 0) is 73.7 Å². The van der Waals surface area contributed by atoms with Crippen molar-refractivity contribution in [2.75, 3.05) is 17.7 Å². The number of anilines is 2. The third-order valence-electron chi connectivity index (χ3n) is 6.08. The molecule has 2 aromatic heterocycles. The number of aromatic amines is 1. The maximum Gasteiger partial charge on any atom is 0.255 e. The third-order valence-corrected chi connectivity index (χ3v) is 6.08. The number of aromatic nitrogens is 2. The number of amides is 1. The molecule has 180 valence electrons. The van der Waals surface area contributed by atoms with Crippen molar-refractivity contribution in [1.82, 2.24) is 9.97 Å². The number of rotatable bonds is 7. The summed E-state index contributed by atoms with van der Waals surface area (Å²) in [4.78, 5) is 20.8. The minimum Gasteiger partial charge on any atom is -0.495 e. The number of halogens is 1. The van der Waals surface area contributed by atoms with Gasteiger partial charge in [-0.3, -0.25) is 9.78 Å². The maximum absolute atomic E-state index is 13.3. The van der Waals surface area contributed by atoms with Gasteiger partial charge in [0.25, 0.3) is 5.91 Å². The van der Waals surface area contributed by atoms with Gasteiger partial charge in [0.2, 0.25) is 0 Å². The number of carbonyl (C=O) groups is 1. The molecule has 0 unspecified atom stereocenters. The van der Waals surface area contributed by atoms with Crippen LogP contribution in [0.4, 0.5) is 15.8 Å². The summed E-state index contributed by atoms with van der Waals surface area (Å²) in [6.07, 6.45) is 1.77. The van der Waals surface area contributed by atoms with E-state index in [1.807, 2.05) is 67.6 Å². The summed E-state index contributed by atoms with van der Waals surface area (Å²) in [6, 6.07) is 24.4. The number of para-hydroxylation sites is 2. The van der Waals surface area contributed by atoms with Gasteiger partial charge in [0.05, 0.1) is 24.5 Å². The van der Waals surface area contributed by atoms with E-state index in [0.717, 1.165) is 39.3 Å². The summed E-state index contributed by atoms with van der Waals surface area (Å²) in [5, 5.41) is 7.48. The van der Waals surface area contributed by atoms with Gasteiger partial charge in [-0.25, -0.2) is 4.39 Å². The first-order chi connectivity index (χ1) is 17.5. The van der Waals surface area contributed by atoms with Gasteiger partial charge in [0.15, 0.2) is 0 Å². The van der Waals surface area contributed by atoms with Crippen LogP contribution in [0, 0.1) is 12.7 Å². The zero-order valence-corrected chi connectivity index (χ0v) is 19.9. The minimum atomic E-state index is -0.386. The Labute approximate surface area is 208 Å². The summed E-state index contributed by atoms with van der Waals surface area (Å²) < 4.78 is 18.8. The molecule has 1 atom stereocenters. The molecule has 1 amide bonds. The normalized spacial score (nSPS) is 11.8. The SMILES string of the molecule is COc1ccccc1N[C@H](c1ccccn1)c1c(C)[nH]c2ccc(NC(=O)c3ccc(F)cc3)cc12. The first kappa shape index (κ1) is 23.1. The van der Waals surface area contributed by atoms with Crippen LogP contribution in [-0.2, 0) is 0 Å². The second-order valence-electron chi connectivity index (χ2n) is 8.42. The highest BCUT2D eigenvalue weighted by Crippen LogP contribution is 2.37. The molecule has 5 aromatic rings. The van der Waals surface area contributed by atoms with Crippen molar-refractivity contribution in [1.29, 1.82) is 0 Å². The molecule has 0 fully saturated rings. The fraction of sp³-hybridized carbons (Fsp3) is 0.103. The molecule has 6 nitrogen and oxygen atoms in total. The summed E-state index contributed by atoms with van der Waals surface area (Å²) >= 11 is 0. The average molecular weight is 481 g/mol. The summed E-state index contributed by atoms with van der Waals surface area (Å²) in [7, 11) is 1.64. The van der Waals surface area contributed by atoms with Crippen molar-refractivity contribution in [3.05, 3.63) is 119 Å². The first-order valence-electron chi connectivity index (χ1n) is 11.5. The number of fused-ring (bicyclic) bond motifs is 1. The molecule has 0 aliphatic carbocycles. The van der Waals surface area contributed by atoms with Gasteiger partial charge in [0.1, 0.15) is 11.6 Å². The lowest BCUT2D eigenvalue weighted by atomic mass is 9.98. The number of nitrogens with one attached hydrogen (secondary N) is 3. The molecule has 2 heterocycles. The Morgan fingerprint density at radius 3 is 2.53 bits per heavy atom. The van der Waals surface area contributed by atoms with Crippen molar-refractivity contribution < 1.29 is 13.9 Å². The number of nitrogens with zero attached hydrogens (tertiary/aromatic N) is 1. The van der Waals surface area contributed by atoms with Crippen LogP contribution in [0.3, 0.4) is 0 Å². The summed E-state index contributed by atoms with van der Waals surface area (Å²) in [5.74, 6) is 0.0308. The van der Waals surface area contributed by atoms with Gasteiger partial charge in [-0.1, -0.05) is 18.2 Å². The van der Waals surface area contributed by atoms with Crippen LogP contribution in [0.15, 0.2) is 91.1 Å². The Hall–Kier alpha value is -4.65. The highest BCUT2D eigenvalue weighted by molar-refractivity contribution is 6.05. The van der Waals surface area contributed by atoms with E-state index >= 15 is 0 Å². The fourth-order valence-corrected chi connectivity index (χ4v) is 4.36. The highest BCUT2D eigenvalue weighted by atomic mass is 19.1. The van der Waals surface area contributed by atoms with Crippen LogP contribution in [0.2, 0.25) is 0 Å². The molecular formula is C29H25FN4O2. The number of hydrogen-bond acceptors (Lipinski definition) is 4. The molecular weight excluding hydrogens is 455 g/mol. The molecule has 0 aliphatic rings. The van der Waals surface area contributed by atoms with Crippen LogP contribution in [0.5, 0.6) is 5.75 Å². The van der Waals surface area contributed by atoms with E-state index in [0.29, 0.717) is 11.3 Å². The molecule has 3 aromatic carbocycles. The van der Waals surface area contributed by atoms with E-state index in [4.69, 9.17) is 4.74 Å². The van der Waals surface area contributed by atoms with E-state index in [1.54, 1.807) is 13.3 Å². The predicted octanol–water partition coefficient (Wildman–Crippen LogP) is 6.47. The molecule has 0 saturated carbocycles. The van der Waals surface area contributed by atoms with Crippen LogP contribution in [-0.4, -0.2) is 23.0 Å². The number of hydrogen-bond donors (Lipinski definition) is 3. The fourth-order valence-electron chi connectivity index (χ4n) is 4.36. The maximum atomic E-state index is 13.3. The molecule has 0 aliphatic heterocycles. The van der Waals surface area contributed by atoms with Crippen LogP contribution in [0.25, 0.3) is 10.9 Å². The highest BCUT2D eigenvalue weighted by Gasteiger charge is 2.23. The molecule has 7 heteroatoms. The first-order valence-corrected chi connectivity index (χ1v) is 11.5. The molecule has 0 bridgehead atoms. The van der Waals surface area contributed by atoms with Crippen molar-refractivity contribution >= 4 is 28.2 Å². The van der Waals surface area contributed by atoms with Gasteiger partial charge in [-0.2, -0.15) is 0 Å². The average Bonchev–Trinajstić information content (AvgIpc) is 3.23. The minimum absolute atomic E-state index is 0.292. The van der Waals surface area contributed by atoms with Gasteiger partial charge < -0.3 is 20.4 Å². The van der Waals surface area contributed by atoms with Crippen LogP contribution >= 0.6 is 0 Å². The standard InChI is InChI=1S/C29H25FN4O2/c1-18-27(28(25-8-5-6-16-31-25)34-24-7-3-4-9-26(24)36-2)22-17-21(14-15-23(22)32-18)33-29(35)19-10-12-20(30)13-11-19/h3-17,28,32,34H,1-2H3,(H,33,35)/t28-/m1/s1. The Balaban J connectivity index is 1.56. The zero-order valence-electron chi connectivity index (χ0n) is 19.9. The topological polar surface area (TPSA) is 79.0 Å². The summed E-state index contributed by atoms with van der Waals surface area (Å²) in [5.41, 5.74) is 5.61. The lowest BCUT2D eigenvalue weighted by Crippen LogP contribution is -2.15. The van der Waals surface area contributed by atoms with Crippen LogP contribution < -0.4 is 15.4 Å².